The molecule has 3 N–H and O–H groups in total. The van der Waals surface area contributed by atoms with E-state index in [1.165, 1.54) is 4.90 Å². The van der Waals surface area contributed by atoms with E-state index in [1.54, 1.807) is 26.0 Å². The first-order chi connectivity index (χ1) is 15.7. The number of carbonyl (C=O) groups excluding carboxylic acids is 2. The van der Waals surface area contributed by atoms with Crippen molar-refractivity contribution < 1.29 is 23.9 Å². The zero-order chi connectivity index (χ0) is 24.0. The number of nitrogens with zero attached hydrogens (tertiary/aromatic N) is 1. The van der Waals surface area contributed by atoms with Crippen LogP contribution in [0.4, 0.5) is 0 Å². The fourth-order valence-electron chi connectivity index (χ4n) is 3.99. The summed E-state index contributed by atoms with van der Waals surface area (Å²) in [5, 5.41) is 9.99. The fraction of sp³-hybridized carbons (Fsp3) is 0.269. The number of furan rings is 1. The van der Waals surface area contributed by atoms with E-state index >= 15 is 0 Å². The number of amides is 2. The Morgan fingerprint density at radius 1 is 0.970 bits per heavy atom. The van der Waals surface area contributed by atoms with Gasteiger partial charge in [-0.1, -0.05) is 60.7 Å². The molecular formula is C26H28N2O5. The van der Waals surface area contributed by atoms with E-state index in [1.807, 2.05) is 60.7 Å². The number of hydrogen-bond donors (Lipinski definition) is 2. The van der Waals surface area contributed by atoms with Gasteiger partial charge in [-0.15, -0.1) is 0 Å². The molecular weight excluding hydrogens is 420 g/mol. The summed E-state index contributed by atoms with van der Waals surface area (Å²) >= 11 is 0. The van der Waals surface area contributed by atoms with Crippen LogP contribution in [0.15, 0.2) is 77.2 Å². The molecule has 1 aromatic heterocycles. The Hall–Kier alpha value is -3.87. The lowest BCUT2D eigenvalue weighted by atomic mass is 9.90. The van der Waals surface area contributed by atoms with E-state index in [-0.39, 0.29) is 18.6 Å². The van der Waals surface area contributed by atoms with Crippen molar-refractivity contribution >= 4 is 17.8 Å². The van der Waals surface area contributed by atoms with Crippen LogP contribution >= 0.6 is 0 Å². The minimum absolute atomic E-state index is 0.0281. The van der Waals surface area contributed by atoms with E-state index in [0.29, 0.717) is 12.2 Å². The third-order valence-electron chi connectivity index (χ3n) is 5.49. The van der Waals surface area contributed by atoms with Gasteiger partial charge in [0.2, 0.25) is 5.91 Å². The van der Waals surface area contributed by atoms with Crippen LogP contribution in [0.25, 0.3) is 11.3 Å². The molecule has 0 saturated carbocycles. The zero-order valence-corrected chi connectivity index (χ0v) is 18.7. The van der Waals surface area contributed by atoms with Crippen LogP contribution in [0.2, 0.25) is 0 Å². The second kappa shape index (κ2) is 10.2. The van der Waals surface area contributed by atoms with Crippen LogP contribution in [-0.4, -0.2) is 39.4 Å². The number of rotatable bonds is 10. The molecule has 3 aromatic rings. The van der Waals surface area contributed by atoms with Crippen LogP contribution in [-0.2, 0) is 16.0 Å². The summed E-state index contributed by atoms with van der Waals surface area (Å²) < 4.78 is 5.84. The van der Waals surface area contributed by atoms with Gasteiger partial charge >= 0.3 is 5.97 Å². The number of carbonyl (C=O) groups is 3. The molecule has 1 atom stereocenters. The molecule has 7 heteroatoms. The third-order valence-corrected chi connectivity index (χ3v) is 5.49. The molecule has 0 saturated heterocycles. The van der Waals surface area contributed by atoms with Gasteiger partial charge in [-0.05, 0) is 44.4 Å². The molecule has 0 aliphatic carbocycles. The highest BCUT2D eigenvalue weighted by Gasteiger charge is 2.41. The quantitative estimate of drug-likeness (QED) is 0.484. The van der Waals surface area contributed by atoms with Crippen molar-refractivity contribution in [1.82, 2.24) is 4.90 Å². The molecule has 172 valence electrons. The first-order valence-electron chi connectivity index (χ1n) is 10.7. The zero-order valence-electron chi connectivity index (χ0n) is 18.7. The van der Waals surface area contributed by atoms with Gasteiger partial charge in [-0.25, -0.2) is 4.79 Å². The number of benzene rings is 2. The highest BCUT2D eigenvalue weighted by atomic mass is 16.4. The molecule has 0 aliphatic heterocycles. The van der Waals surface area contributed by atoms with Crippen molar-refractivity contribution in [3.8, 4) is 11.3 Å². The predicted octanol–water partition coefficient (Wildman–Crippen LogP) is 4.13. The Morgan fingerprint density at radius 3 is 2.15 bits per heavy atom. The lowest BCUT2D eigenvalue weighted by Gasteiger charge is -2.42. The summed E-state index contributed by atoms with van der Waals surface area (Å²) in [7, 11) is 0. The van der Waals surface area contributed by atoms with Crippen LogP contribution in [0.5, 0.6) is 0 Å². The van der Waals surface area contributed by atoms with Gasteiger partial charge in [0.05, 0.1) is 0 Å². The van der Waals surface area contributed by atoms with Crippen molar-refractivity contribution in [2.45, 2.75) is 44.7 Å². The normalized spacial score (nSPS) is 12.2. The maximum Gasteiger partial charge on any atom is 0.326 e. The largest absolute Gasteiger partial charge is 0.480 e. The summed E-state index contributed by atoms with van der Waals surface area (Å²) in [6.07, 6.45) is 0.155. The van der Waals surface area contributed by atoms with Gasteiger partial charge in [-0.3, -0.25) is 9.59 Å². The highest BCUT2D eigenvalue weighted by molar-refractivity contribution is 5.95. The lowest BCUT2D eigenvalue weighted by Crippen LogP contribution is -2.57. The van der Waals surface area contributed by atoms with Crippen LogP contribution in [0.3, 0.4) is 0 Å². The molecule has 0 radical (unpaired) electrons. The molecule has 1 heterocycles. The van der Waals surface area contributed by atoms with Crippen molar-refractivity contribution in [3.63, 3.8) is 0 Å². The van der Waals surface area contributed by atoms with E-state index < -0.39 is 29.4 Å². The summed E-state index contributed by atoms with van der Waals surface area (Å²) in [6.45, 7) is 3.61. The average Bonchev–Trinajstić information content (AvgIpc) is 3.27. The molecule has 0 bridgehead atoms. The van der Waals surface area contributed by atoms with Crippen molar-refractivity contribution in [2.24, 2.45) is 5.73 Å². The molecule has 2 amide bonds. The number of nitrogens with two attached hydrogens (primary N) is 1. The minimum atomic E-state index is -1.26. The fourth-order valence-corrected chi connectivity index (χ4v) is 3.99. The average molecular weight is 449 g/mol. The van der Waals surface area contributed by atoms with Crippen LogP contribution in [0.1, 0.15) is 42.8 Å². The molecule has 2 aromatic carbocycles. The maximum atomic E-state index is 13.7. The van der Waals surface area contributed by atoms with Gasteiger partial charge in [0.1, 0.15) is 11.8 Å². The highest BCUT2D eigenvalue weighted by Crippen LogP contribution is 2.30. The SMILES string of the molecule is CC(C)(Cc1ccccc1)N(C(=O)c1ccc(-c2ccccc2)o1)[C@@H](CCC(N)=O)C(=O)O. The predicted molar refractivity (Wildman–Crippen MR) is 124 cm³/mol. The summed E-state index contributed by atoms with van der Waals surface area (Å²) in [4.78, 5) is 38.6. The van der Waals surface area contributed by atoms with Crippen molar-refractivity contribution in [1.29, 1.82) is 0 Å². The monoisotopic (exact) mass is 448 g/mol. The molecule has 33 heavy (non-hydrogen) atoms. The van der Waals surface area contributed by atoms with Crippen molar-refractivity contribution in [2.75, 3.05) is 0 Å². The van der Waals surface area contributed by atoms with E-state index in [4.69, 9.17) is 10.2 Å². The van der Waals surface area contributed by atoms with E-state index in [9.17, 15) is 19.5 Å². The molecule has 0 fully saturated rings. The Kier molecular flexibility index (Phi) is 7.33. The number of carboxylic acid groups (broad SMARTS) is 1. The standard InChI is InChI=1S/C26H28N2O5/c1-26(2,17-18-9-5-3-6-10-18)28(20(25(31)32)13-16-23(27)29)24(30)22-15-14-21(33-22)19-11-7-4-8-12-19/h3-12,14-15,20H,13,16-17H2,1-2H3,(H2,27,29)(H,31,32)/t20-/m0/s1. The van der Waals surface area contributed by atoms with Gasteiger partial charge < -0.3 is 20.2 Å². The first kappa shape index (κ1) is 23.8. The van der Waals surface area contributed by atoms with Crippen LogP contribution < -0.4 is 5.73 Å². The Labute approximate surface area is 192 Å². The Bertz CT molecular complexity index is 1110. The number of primary amides is 1. The molecule has 3 rings (SSSR count). The van der Waals surface area contributed by atoms with Gasteiger partial charge in [-0.2, -0.15) is 0 Å². The van der Waals surface area contributed by atoms with Crippen LogP contribution in [0, 0.1) is 0 Å². The van der Waals surface area contributed by atoms with Gasteiger partial charge in [0, 0.05) is 17.5 Å². The Morgan fingerprint density at radius 2 is 1.58 bits per heavy atom. The van der Waals surface area contributed by atoms with Crippen molar-refractivity contribution in [3.05, 3.63) is 84.1 Å². The van der Waals surface area contributed by atoms with Gasteiger partial charge in [0.25, 0.3) is 5.91 Å². The first-order valence-corrected chi connectivity index (χ1v) is 10.7. The molecule has 0 unspecified atom stereocenters. The topological polar surface area (TPSA) is 114 Å². The number of hydrogen-bond acceptors (Lipinski definition) is 4. The van der Waals surface area contributed by atoms with E-state index in [0.717, 1.165) is 11.1 Å². The number of carboxylic acids is 1. The smallest absolute Gasteiger partial charge is 0.326 e. The maximum absolute atomic E-state index is 13.7. The summed E-state index contributed by atoms with van der Waals surface area (Å²) in [5.41, 5.74) is 6.12. The summed E-state index contributed by atoms with van der Waals surface area (Å²) in [5.74, 6) is -1.86. The van der Waals surface area contributed by atoms with E-state index in [2.05, 4.69) is 0 Å². The second-order valence-corrected chi connectivity index (χ2v) is 8.54. The number of aliphatic carboxylic acids is 1. The van der Waals surface area contributed by atoms with Gasteiger partial charge in [0.15, 0.2) is 5.76 Å². The summed E-state index contributed by atoms with van der Waals surface area (Å²) in [6, 6.07) is 20.8. The third kappa shape index (κ3) is 5.88. The lowest BCUT2D eigenvalue weighted by molar-refractivity contribution is -0.144. The molecule has 7 nitrogen and oxygen atoms in total. The molecule has 0 aliphatic rings. The minimum Gasteiger partial charge on any atom is -0.480 e. The second-order valence-electron chi connectivity index (χ2n) is 8.54. The Balaban J connectivity index is 1.99. The molecule has 0 spiro atoms.